The zero-order chi connectivity index (χ0) is 12.1. The van der Waals surface area contributed by atoms with Gasteiger partial charge in [0, 0.05) is 45.1 Å². The summed E-state index contributed by atoms with van der Waals surface area (Å²) in [5.74, 6) is 3.88. The Morgan fingerprint density at radius 3 is 3.00 bits per heavy atom. The van der Waals surface area contributed by atoms with Gasteiger partial charge in [0.25, 0.3) is 0 Å². The molecule has 1 aromatic rings. The third-order valence-electron chi connectivity index (χ3n) is 2.59. The molecule has 1 nitrogen and oxygen atoms in total. The summed E-state index contributed by atoms with van der Waals surface area (Å²) in [6.45, 7) is 1.99. The number of nitrogens with one attached hydrogen (secondary N) is 1. The van der Waals surface area contributed by atoms with Crippen LogP contribution in [0.3, 0.4) is 0 Å². The SMILES string of the molecule is Clc1ccc(CNCC2CSCCS2)c(Br)c1. The van der Waals surface area contributed by atoms with Gasteiger partial charge < -0.3 is 5.32 Å². The lowest BCUT2D eigenvalue weighted by Crippen LogP contribution is -2.28. The average Bonchev–Trinajstić information content (AvgIpc) is 2.33. The molecule has 1 aliphatic heterocycles. The molecule has 1 unspecified atom stereocenters. The molecule has 1 aromatic carbocycles. The van der Waals surface area contributed by atoms with Gasteiger partial charge in [-0.15, -0.1) is 0 Å². The minimum absolute atomic E-state index is 0.764. The lowest BCUT2D eigenvalue weighted by Gasteiger charge is -2.21. The third-order valence-corrected chi connectivity index (χ3v) is 6.41. The Hall–Kier alpha value is 0.650. The molecule has 0 bridgehead atoms. The molecule has 1 saturated heterocycles. The molecule has 94 valence electrons. The van der Waals surface area contributed by atoms with Crippen LogP contribution in [-0.2, 0) is 6.54 Å². The number of benzene rings is 1. The fourth-order valence-corrected chi connectivity index (χ4v) is 5.16. The summed E-state index contributed by atoms with van der Waals surface area (Å²) in [6.07, 6.45) is 0. The highest BCUT2D eigenvalue weighted by atomic mass is 79.9. The van der Waals surface area contributed by atoms with Gasteiger partial charge in [0.05, 0.1) is 0 Å². The van der Waals surface area contributed by atoms with Crippen LogP contribution in [0, 0.1) is 0 Å². The Labute approximate surface area is 125 Å². The van der Waals surface area contributed by atoms with E-state index in [1.54, 1.807) is 0 Å². The second kappa shape index (κ2) is 7.29. The molecule has 2 rings (SSSR count). The number of thioether (sulfide) groups is 2. The van der Waals surface area contributed by atoms with E-state index in [0.717, 1.165) is 27.8 Å². The van der Waals surface area contributed by atoms with Gasteiger partial charge >= 0.3 is 0 Å². The van der Waals surface area contributed by atoms with Gasteiger partial charge in [-0.1, -0.05) is 33.6 Å². The van der Waals surface area contributed by atoms with Crippen LogP contribution in [0.1, 0.15) is 5.56 Å². The fourth-order valence-electron chi connectivity index (χ4n) is 1.69. The van der Waals surface area contributed by atoms with E-state index >= 15 is 0 Å². The number of hydrogen-bond donors (Lipinski definition) is 1. The highest BCUT2D eigenvalue weighted by Crippen LogP contribution is 2.24. The zero-order valence-corrected chi connectivity index (χ0v) is 13.4. The highest BCUT2D eigenvalue weighted by Gasteiger charge is 2.13. The van der Waals surface area contributed by atoms with Crippen molar-refractivity contribution in [2.24, 2.45) is 0 Å². The maximum atomic E-state index is 5.92. The molecule has 1 atom stereocenters. The normalized spacial score (nSPS) is 20.5. The fraction of sp³-hybridized carbons (Fsp3) is 0.500. The first-order valence-corrected chi connectivity index (χ1v) is 8.97. The van der Waals surface area contributed by atoms with Crippen LogP contribution < -0.4 is 5.32 Å². The van der Waals surface area contributed by atoms with Gasteiger partial charge in [0.1, 0.15) is 0 Å². The lowest BCUT2D eigenvalue weighted by atomic mass is 10.2. The van der Waals surface area contributed by atoms with Crippen LogP contribution in [0.2, 0.25) is 5.02 Å². The van der Waals surface area contributed by atoms with E-state index in [2.05, 4.69) is 50.8 Å². The van der Waals surface area contributed by atoms with Gasteiger partial charge in [-0.25, -0.2) is 0 Å². The molecule has 0 radical (unpaired) electrons. The van der Waals surface area contributed by atoms with Crippen molar-refractivity contribution in [2.75, 3.05) is 23.8 Å². The van der Waals surface area contributed by atoms with Crippen molar-refractivity contribution in [3.8, 4) is 0 Å². The maximum absolute atomic E-state index is 5.92. The summed E-state index contributed by atoms with van der Waals surface area (Å²) in [5, 5.41) is 5.07. The largest absolute Gasteiger partial charge is 0.312 e. The smallest absolute Gasteiger partial charge is 0.0417 e. The zero-order valence-electron chi connectivity index (χ0n) is 9.42. The summed E-state index contributed by atoms with van der Waals surface area (Å²) < 4.78 is 1.09. The third kappa shape index (κ3) is 4.67. The molecule has 0 aromatic heterocycles. The molecule has 0 spiro atoms. The van der Waals surface area contributed by atoms with E-state index in [9.17, 15) is 0 Å². The van der Waals surface area contributed by atoms with Crippen molar-refractivity contribution >= 4 is 51.1 Å². The minimum atomic E-state index is 0.764. The second-order valence-corrected chi connectivity index (χ2v) is 7.78. The van der Waals surface area contributed by atoms with Gasteiger partial charge in [-0.2, -0.15) is 23.5 Å². The predicted molar refractivity (Wildman–Crippen MR) is 84.4 cm³/mol. The minimum Gasteiger partial charge on any atom is -0.312 e. The summed E-state index contributed by atoms with van der Waals surface area (Å²) in [4.78, 5) is 0. The standard InChI is InChI=1S/C12H15BrClNS2/c13-12-5-10(14)2-1-9(12)6-15-7-11-8-16-3-4-17-11/h1-2,5,11,15H,3-4,6-8H2. The Morgan fingerprint density at radius 2 is 2.29 bits per heavy atom. The second-order valence-electron chi connectivity index (χ2n) is 3.93. The van der Waals surface area contributed by atoms with Crippen molar-refractivity contribution in [3.05, 3.63) is 33.3 Å². The van der Waals surface area contributed by atoms with E-state index in [1.807, 2.05) is 12.1 Å². The first-order chi connectivity index (χ1) is 8.25. The molecular weight excluding hydrogens is 338 g/mol. The molecule has 1 N–H and O–H groups in total. The quantitative estimate of drug-likeness (QED) is 0.878. The van der Waals surface area contributed by atoms with Gasteiger partial charge in [-0.3, -0.25) is 0 Å². The number of rotatable bonds is 4. The molecule has 1 fully saturated rings. The first kappa shape index (κ1) is 14.1. The summed E-state index contributed by atoms with van der Waals surface area (Å²) in [6, 6.07) is 5.96. The van der Waals surface area contributed by atoms with E-state index < -0.39 is 0 Å². The molecule has 0 aliphatic carbocycles. The molecule has 0 saturated carbocycles. The van der Waals surface area contributed by atoms with Crippen LogP contribution >= 0.6 is 51.1 Å². The van der Waals surface area contributed by atoms with Crippen molar-refractivity contribution in [1.29, 1.82) is 0 Å². The summed E-state index contributed by atoms with van der Waals surface area (Å²) in [5.41, 5.74) is 1.27. The lowest BCUT2D eigenvalue weighted by molar-refractivity contribution is 0.684. The molecule has 1 heterocycles. The Balaban J connectivity index is 1.77. The molecule has 17 heavy (non-hydrogen) atoms. The highest BCUT2D eigenvalue weighted by molar-refractivity contribution is 9.10. The van der Waals surface area contributed by atoms with E-state index in [0.29, 0.717) is 0 Å². The molecule has 1 aliphatic rings. The van der Waals surface area contributed by atoms with Crippen molar-refractivity contribution in [2.45, 2.75) is 11.8 Å². The molecule has 5 heteroatoms. The average molecular weight is 353 g/mol. The van der Waals surface area contributed by atoms with Crippen LogP contribution in [0.25, 0.3) is 0 Å². The van der Waals surface area contributed by atoms with Crippen LogP contribution in [0.15, 0.2) is 22.7 Å². The van der Waals surface area contributed by atoms with Crippen LogP contribution in [-0.4, -0.2) is 29.1 Å². The monoisotopic (exact) mass is 351 g/mol. The van der Waals surface area contributed by atoms with Gasteiger partial charge in [-0.05, 0) is 17.7 Å². The van der Waals surface area contributed by atoms with Crippen molar-refractivity contribution in [1.82, 2.24) is 5.32 Å². The molecular formula is C12H15BrClNS2. The van der Waals surface area contributed by atoms with Crippen molar-refractivity contribution < 1.29 is 0 Å². The summed E-state index contributed by atoms with van der Waals surface area (Å²) in [7, 11) is 0. The van der Waals surface area contributed by atoms with E-state index in [4.69, 9.17) is 11.6 Å². The number of hydrogen-bond acceptors (Lipinski definition) is 3. The molecule has 0 amide bonds. The maximum Gasteiger partial charge on any atom is 0.0417 e. The predicted octanol–water partition coefficient (Wildman–Crippen LogP) is 4.04. The Kier molecular flexibility index (Phi) is 6.03. The van der Waals surface area contributed by atoms with Gasteiger partial charge in [0.15, 0.2) is 0 Å². The van der Waals surface area contributed by atoms with E-state index in [1.165, 1.54) is 22.8 Å². The van der Waals surface area contributed by atoms with E-state index in [-0.39, 0.29) is 0 Å². The topological polar surface area (TPSA) is 12.0 Å². The summed E-state index contributed by atoms with van der Waals surface area (Å²) >= 11 is 13.6. The van der Waals surface area contributed by atoms with Crippen LogP contribution in [0.4, 0.5) is 0 Å². The van der Waals surface area contributed by atoms with Crippen molar-refractivity contribution in [3.63, 3.8) is 0 Å². The van der Waals surface area contributed by atoms with Gasteiger partial charge in [0.2, 0.25) is 0 Å². The number of halogens is 2. The first-order valence-electron chi connectivity index (χ1n) is 5.59. The Bertz CT molecular complexity index is 370. The van der Waals surface area contributed by atoms with Crippen LogP contribution in [0.5, 0.6) is 0 Å². The Morgan fingerprint density at radius 1 is 1.41 bits per heavy atom.